The van der Waals surface area contributed by atoms with E-state index in [2.05, 4.69) is 19.1 Å². The van der Waals surface area contributed by atoms with Gasteiger partial charge in [-0.05, 0) is 36.5 Å². The maximum Gasteiger partial charge on any atom is 0.160 e. The number of methoxy groups -OCH3 is 2. The molecule has 2 aliphatic rings. The summed E-state index contributed by atoms with van der Waals surface area (Å²) in [5.41, 5.74) is 2.96. The third kappa shape index (κ3) is 1.35. The molecule has 0 aromatic rings. The van der Waals surface area contributed by atoms with Crippen LogP contribution in [-0.2, 0) is 9.47 Å². The van der Waals surface area contributed by atoms with Crippen molar-refractivity contribution < 1.29 is 9.47 Å². The van der Waals surface area contributed by atoms with Gasteiger partial charge >= 0.3 is 0 Å². The monoisotopic (exact) mass is 192 g/mol. The Labute approximate surface area is 84.9 Å². The number of allylic oxidation sites excluding steroid dienone is 4. The Hall–Kier alpha value is -1.18. The van der Waals surface area contributed by atoms with E-state index in [-0.39, 0.29) is 0 Å². The van der Waals surface area contributed by atoms with Gasteiger partial charge < -0.3 is 9.47 Å². The molecule has 0 radical (unpaired) electrons. The van der Waals surface area contributed by atoms with Gasteiger partial charge in [0.15, 0.2) is 11.5 Å². The minimum absolute atomic E-state index is 0.729. The summed E-state index contributed by atoms with van der Waals surface area (Å²) in [5.74, 6) is 2.44. The molecule has 0 spiro atoms. The fourth-order valence-electron chi connectivity index (χ4n) is 2.13. The Kier molecular flexibility index (Phi) is 2.36. The first-order valence-corrected chi connectivity index (χ1v) is 4.98. The van der Waals surface area contributed by atoms with Crippen molar-refractivity contribution in [2.75, 3.05) is 14.2 Å². The van der Waals surface area contributed by atoms with Gasteiger partial charge in [0.2, 0.25) is 0 Å². The van der Waals surface area contributed by atoms with E-state index in [1.165, 1.54) is 17.6 Å². The van der Waals surface area contributed by atoms with Crippen LogP contribution in [-0.4, -0.2) is 14.2 Å². The lowest BCUT2D eigenvalue weighted by Crippen LogP contribution is -2.13. The molecule has 0 heterocycles. The molecule has 76 valence electrons. The summed E-state index contributed by atoms with van der Waals surface area (Å²) < 4.78 is 10.6. The van der Waals surface area contributed by atoms with E-state index < -0.39 is 0 Å². The predicted octanol–water partition coefficient (Wildman–Crippen LogP) is 2.79. The molecule has 2 aliphatic carbocycles. The van der Waals surface area contributed by atoms with Crippen LogP contribution in [0.2, 0.25) is 0 Å². The second-order valence-corrected chi connectivity index (χ2v) is 3.84. The van der Waals surface area contributed by atoms with Crippen molar-refractivity contribution in [3.05, 3.63) is 34.8 Å². The maximum absolute atomic E-state index is 5.30. The zero-order chi connectivity index (χ0) is 10.1. The summed E-state index contributed by atoms with van der Waals surface area (Å²) in [4.78, 5) is 0. The molecule has 0 aliphatic heterocycles. The highest BCUT2D eigenvalue weighted by molar-refractivity contribution is 5.44. The molecular weight excluding hydrogens is 176 g/mol. The van der Waals surface area contributed by atoms with Gasteiger partial charge in [0.25, 0.3) is 0 Å². The molecule has 14 heavy (non-hydrogen) atoms. The highest BCUT2D eigenvalue weighted by atomic mass is 16.5. The second-order valence-electron chi connectivity index (χ2n) is 3.84. The van der Waals surface area contributed by atoms with E-state index >= 15 is 0 Å². The lowest BCUT2D eigenvalue weighted by Gasteiger charge is -2.28. The molecule has 1 atom stereocenters. The van der Waals surface area contributed by atoms with E-state index in [9.17, 15) is 0 Å². The summed E-state index contributed by atoms with van der Waals surface area (Å²) >= 11 is 0. The average Bonchev–Trinajstić information content (AvgIpc) is 2.33. The van der Waals surface area contributed by atoms with E-state index in [1.54, 1.807) is 14.2 Å². The SMILES string of the molecule is COC1=CCC2=C(C=C1OC)CC2C. The zero-order valence-corrected chi connectivity index (χ0v) is 8.96. The fraction of sp³-hybridized carbons (Fsp3) is 0.500. The van der Waals surface area contributed by atoms with Crippen LogP contribution in [0.5, 0.6) is 0 Å². The minimum Gasteiger partial charge on any atom is -0.493 e. The van der Waals surface area contributed by atoms with Crippen molar-refractivity contribution >= 4 is 0 Å². The van der Waals surface area contributed by atoms with Crippen molar-refractivity contribution in [3.8, 4) is 0 Å². The zero-order valence-electron chi connectivity index (χ0n) is 8.96. The Morgan fingerprint density at radius 1 is 1.21 bits per heavy atom. The molecule has 0 aromatic heterocycles. The first-order chi connectivity index (χ1) is 6.76. The third-order valence-electron chi connectivity index (χ3n) is 3.03. The Bertz CT molecular complexity index is 334. The molecule has 0 saturated carbocycles. The Morgan fingerprint density at radius 3 is 2.50 bits per heavy atom. The lowest BCUT2D eigenvalue weighted by atomic mass is 9.77. The summed E-state index contributed by atoms with van der Waals surface area (Å²) in [6.07, 6.45) is 6.39. The fourth-order valence-corrected chi connectivity index (χ4v) is 2.13. The number of rotatable bonds is 2. The largest absolute Gasteiger partial charge is 0.493 e. The molecule has 0 fully saturated rings. The summed E-state index contributed by atoms with van der Waals surface area (Å²) in [6.45, 7) is 2.27. The van der Waals surface area contributed by atoms with Gasteiger partial charge in [-0.15, -0.1) is 0 Å². The minimum atomic E-state index is 0.729. The molecule has 2 heteroatoms. The van der Waals surface area contributed by atoms with Crippen molar-refractivity contribution in [1.29, 1.82) is 0 Å². The highest BCUT2D eigenvalue weighted by Crippen LogP contribution is 2.40. The van der Waals surface area contributed by atoms with Crippen LogP contribution in [0, 0.1) is 5.92 Å². The van der Waals surface area contributed by atoms with Gasteiger partial charge in [0, 0.05) is 0 Å². The van der Waals surface area contributed by atoms with Crippen molar-refractivity contribution in [2.24, 2.45) is 5.92 Å². The molecule has 0 aromatic carbocycles. The predicted molar refractivity (Wildman–Crippen MR) is 55.6 cm³/mol. The molecule has 0 bridgehead atoms. The first-order valence-electron chi connectivity index (χ1n) is 4.98. The van der Waals surface area contributed by atoms with Gasteiger partial charge in [0.1, 0.15) is 0 Å². The van der Waals surface area contributed by atoms with Crippen molar-refractivity contribution in [1.82, 2.24) is 0 Å². The molecule has 2 rings (SSSR count). The van der Waals surface area contributed by atoms with Crippen LogP contribution in [0.15, 0.2) is 34.8 Å². The summed E-state index contributed by atoms with van der Waals surface area (Å²) in [6, 6.07) is 0. The van der Waals surface area contributed by atoms with E-state index in [4.69, 9.17) is 9.47 Å². The molecule has 0 N–H and O–H groups in total. The highest BCUT2D eigenvalue weighted by Gasteiger charge is 2.26. The molecule has 0 amide bonds. The van der Waals surface area contributed by atoms with Gasteiger partial charge in [-0.3, -0.25) is 0 Å². The van der Waals surface area contributed by atoms with E-state index in [0.717, 1.165) is 23.9 Å². The molecule has 1 unspecified atom stereocenters. The van der Waals surface area contributed by atoms with Crippen LogP contribution in [0.25, 0.3) is 0 Å². The molecule has 0 saturated heterocycles. The van der Waals surface area contributed by atoms with Gasteiger partial charge in [-0.2, -0.15) is 0 Å². The quantitative estimate of drug-likeness (QED) is 0.669. The van der Waals surface area contributed by atoms with Gasteiger partial charge in [-0.25, -0.2) is 0 Å². The Morgan fingerprint density at radius 2 is 1.93 bits per heavy atom. The summed E-state index contributed by atoms with van der Waals surface area (Å²) in [7, 11) is 3.37. The van der Waals surface area contributed by atoms with Crippen LogP contribution >= 0.6 is 0 Å². The molecule has 2 nitrogen and oxygen atoms in total. The van der Waals surface area contributed by atoms with Gasteiger partial charge in [-0.1, -0.05) is 12.5 Å². The van der Waals surface area contributed by atoms with Crippen molar-refractivity contribution in [2.45, 2.75) is 19.8 Å². The van der Waals surface area contributed by atoms with Crippen LogP contribution in [0.4, 0.5) is 0 Å². The standard InChI is InChI=1S/C12H16O2/c1-8-6-9-7-12(14-3)11(13-2)5-4-10(8)9/h5,7-8H,4,6H2,1-3H3. The molecular formula is C12H16O2. The smallest absolute Gasteiger partial charge is 0.160 e. The van der Waals surface area contributed by atoms with Crippen LogP contribution < -0.4 is 0 Å². The van der Waals surface area contributed by atoms with E-state index in [0.29, 0.717) is 0 Å². The van der Waals surface area contributed by atoms with Crippen LogP contribution in [0.3, 0.4) is 0 Å². The second kappa shape index (κ2) is 3.52. The Balaban J connectivity index is 2.31. The van der Waals surface area contributed by atoms with Crippen LogP contribution in [0.1, 0.15) is 19.8 Å². The summed E-state index contributed by atoms with van der Waals surface area (Å²) in [5, 5.41) is 0. The first kappa shape index (κ1) is 9.38. The average molecular weight is 192 g/mol. The number of hydrogen-bond acceptors (Lipinski definition) is 2. The number of ether oxygens (including phenoxy) is 2. The number of hydrogen-bond donors (Lipinski definition) is 0. The third-order valence-corrected chi connectivity index (χ3v) is 3.03. The maximum atomic E-state index is 5.30. The normalized spacial score (nSPS) is 25.5. The van der Waals surface area contributed by atoms with E-state index in [1.807, 2.05) is 0 Å². The topological polar surface area (TPSA) is 18.5 Å². The lowest BCUT2D eigenvalue weighted by molar-refractivity contribution is 0.219. The van der Waals surface area contributed by atoms with Gasteiger partial charge in [0.05, 0.1) is 14.2 Å². The van der Waals surface area contributed by atoms with Crippen molar-refractivity contribution in [3.63, 3.8) is 0 Å².